The summed E-state index contributed by atoms with van der Waals surface area (Å²) in [6.07, 6.45) is 1.58. The van der Waals surface area contributed by atoms with E-state index in [2.05, 4.69) is 17.4 Å². The van der Waals surface area contributed by atoms with E-state index >= 15 is 0 Å². The summed E-state index contributed by atoms with van der Waals surface area (Å²) in [7, 11) is 0. The molecule has 1 atom stereocenters. The lowest BCUT2D eigenvalue weighted by Crippen LogP contribution is -2.45. The predicted octanol–water partition coefficient (Wildman–Crippen LogP) is 2.94. The molecule has 2 aromatic carbocycles. The molecule has 1 aliphatic heterocycles. The number of hydrogen-bond acceptors (Lipinski definition) is 3. The van der Waals surface area contributed by atoms with Gasteiger partial charge in [0.2, 0.25) is 5.91 Å². The maximum Gasteiger partial charge on any atom is 0.267 e. The lowest BCUT2D eigenvalue weighted by molar-refractivity contribution is -0.125. The van der Waals surface area contributed by atoms with E-state index in [-0.39, 0.29) is 18.2 Å². The van der Waals surface area contributed by atoms with Gasteiger partial charge in [0.1, 0.15) is 5.75 Å². The Balaban J connectivity index is 1.46. The Morgan fingerprint density at radius 1 is 1.12 bits per heavy atom. The van der Waals surface area contributed by atoms with Gasteiger partial charge in [-0.2, -0.15) is 0 Å². The first kappa shape index (κ1) is 18.0. The van der Waals surface area contributed by atoms with Crippen molar-refractivity contribution in [3.05, 3.63) is 60.2 Å². The Kier molecular flexibility index (Phi) is 5.89. The van der Waals surface area contributed by atoms with Crippen LogP contribution in [0.25, 0.3) is 0 Å². The molecular weight excluding hydrogens is 328 g/mol. The fraction of sp³-hybridized carbons (Fsp3) is 0.333. The van der Waals surface area contributed by atoms with E-state index < -0.39 is 6.10 Å². The zero-order valence-electron chi connectivity index (χ0n) is 15.0. The second kappa shape index (κ2) is 8.52. The maximum absolute atomic E-state index is 12.4. The third-order valence-corrected chi connectivity index (χ3v) is 4.44. The van der Waals surface area contributed by atoms with E-state index in [1.807, 2.05) is 42.5 Å². The molecule has 0 saturated heterocycles. The fourth-order valence-electron chi connectivity index (χ4n) is 3.06. The van der Waals surface area contributed by atoms with Crippen LogP contribution in [0.3, 0.4) is 0 Å². The number of fused-ring (bicyclic) bond motifs is 1. The molecule has 26 heavy (non-hydrogen) atoms. The van der Waals surface area contributed by atoms with Gasteiger partial charge in [-0.15, -0.1) is 0 Å². The highest BCUT2D eigenvalue weighted by Gasteiger charge is 2.31. The van der Waals surface area contributed by atoms with Gasteiger partial charge < -0.3 is 15.0 Å². The molecule has 0 fully saturated rings. The average Bonchev–Trinajstić information content (AvgIpc) is 2.66. The molecular formula is C21H24N2O3. The highest BCUT2D eigenvalue weighted by molar-refractivity contribution is 6.00. The quantitative estimate of drug-likeness (QED) is 0.780. The Morgan fingerprint density at radius 3 is 2.65 bits per heavy atom. The van der Waals surface area contributed by atoms with Crippen LogP contribution in [0, 0.1) is 0 Å². The van der Waals surface area contributed by atoms with E-state index in [0.717, 1.165) is 18.5 Å². The summed E-state index contributed by atoms with van der Waals surface area (Å²) in [6.45, 7) is 2.72. The molecule has 1 unspecified atom stereocenters. The number of benzene rings is 2. The highest BCUT2D eigenvalue weighted by Crippen LogP contribution is 2.33. The van der Waals surface area contributed by atoms with Crippen molar-refractivity contribution in [3.8, 4) is 5.75 Å². The Hall–Kier alpha value is -2.82. The van der Waals surface area contributed by atoms with Crippen LogP contribution in [-0.4, -0.2) is 31.0 Å². The summed E-state index contributed by atoms with van der Waals surface area (Å²) in [5.74, 6) is 0.533. The lowest BCUT2D eigenvalue weighted by Gasteiger charge is -2.32. The Bertz CT molecular complexity index is 761. The summed E-state index contributed by atoms with van der Waals surface area (Å²) in [4.78, 5) is 26.1. The molecule has 5 heteroatoms. The van der Waals surface area contributed by atoms with Crippen molar-refractivity contribution in [3.63, 3.8) is 0 Å². The Morgan fingerprint density at radius 2 is 1.85 bits per heavy atom. The van der Waals surface area contributed by atoms with Gasteiger partial charge in [0, 0.05) is 19.5 Å². The van der Waals surface area contributed by atoms with Crippen molar-refractivity contribution in [1.82, 2.24) is 5.32 Å². The first-order valence-electron chi connectivity index (χ1n) is 9.03. The minimum absolute atomic E-state index is 0.0394. The van der Waals surface area contributed by atoms with Crippen LogP contribution < -0.4 is 15.0 Å². The molecule has 0 spiro atoms. The van der Waals surface area contributed by atoms with Crippen molar-refractivity contribution >= 4 is 17.5 Å². The summed E-state index contributed by atoms with van der Waals surface area (Å²) >= 11 is 0. The van der Waals surface area contributed by atoms with Crippen LogP contribution in [0.1, 0.15) is 25.3 Å². The van der Waals surface area contributed by atoms with Crippen molar-refractivity contribution in [2.75, 3.05) is 18.0 Å². The summed E-state index contributed by atoms with van der Waals surface area (Å²) < 4.78 is 5.61. The number of ether oxygens (including phenoxy) is 1. The first-order chi connectivity index (χ1) is 12.6. The maximum atomic E-state index is 12.4. The number of nitrogens with zero attached hydrogens (tertiary/aromatic N) is 1. The lowest BCUT2D eigenvalue weighted by atomic mass is 10.1. The topological polar surface area (TPSA) is 58.6 Å². The zero-order chi connectivity index (χ0) is 18.4. The molecule has 2 amide bonds. The third kappa shape index (κ3) is 4.42. The second-order valence-corrected chi connectivity index (χ2v) is 6.41. The number of rotatable bonds is 7. The molecule has 0 aromatic heterocycles. The molecule has 136 valence electrons. The molecule has 3 rings (SSSR count). The molecule has 2 aromatic rings. The molecule has 1 N–H and O–H groups in total. The van der Waals surface area contributed by atoms with Crippen LogP contribution >= 0.6 is 0 Å². The number of anilines is 1. The Labute approximate surface area is 154 Å². The number of nitrogens with one attached hydrogen (secondary N) is 1. The van der Waals surface area contributed by atoms with Gasteiger partial charge in [-0.25, -0.2) is 0 Å². The van der Waals surface area contributed by atoms with Gasteiger partial charge in [-0.1, -0.05) is 42.5 Å². The number of carbonyl (C=O) groups is 2. The third-order valence-electron chi connectivity index (χ3n) is 4.44. The van der Waals surface area contributed by atoms with Gasteiger partial charge in [0.15, 0.2) is 6.10 Å². The van der Waals surface area contributed by atoms with E-state index in [1.165, 1.54) is 5.56 Å². The van der Waals surface area contributed by atoms with Crippen LogP contribution in [0.5, 0.6) is 5.75 Å². The smallest absolute Gasteiger partial charge is 0.267 e. The zero-order valence-corrected chi connectivity index (χ0v) is 15.0. The molecule has 0 aliphatic carbocycles. The molecule has 0 saturated carbocycles. The summed E-state index contributed by atoms with van der Waals surface area (Å²) in [5, 5.41) is 2.93. The number of para-hydroxylation sites is 2. The largest absolute Gasteiger partial charge is 0.479 e. The van der Waals surface area contributed by atoms with E-state index in [4.69, 9.17) is 4.74 Å². The van der Waals surface area contributed by atoms with Crippen molar-refractivity contribution in [2.24, 2.45) is 0 Å². The number of amides is 2. The van der Waals surface area contributed by atoms with E-state index in [0.29, 0.717) is 18.8 Å². The monoisotopic (exact) mass is 352 g/mol. The fourth-order valence-corrected chi connectivity index (χ4v) is 3.06. The van der Waals surface area contributed by atoms with Crippen molar-refractivity contribution in [2.45, 2.75) is 32.3 Å². The molecule has 5 nitrogen and oxygen atoms in total. The van der Waals surface area contributed by atoms with Gasteiger partial charge in [-0.3, -0.25) is 9.59 Å². The van der Waals surface area contributed by atoms with Crippen LogP contribution in [0.4, 0.5) is 5.69 Å². The summed E-state index contributed by atoms with van der Waals surface area (Å²) in [6, 6.07) is 17.6. The van der Waals surface area contributed by atoms with Gasteiger partial charge in [-0.05, 0) is 37.5 Å². The van der Waals surface area contributed by atoms with Crippen LogP contribution in [0.15, 0.2) is 54.6 Å². The minimum Gasteiger partial charge on any atom is -0.479 e. The number of carbonyl (C=O) groups excluding carboxylic acids is 2. The predicted molar refractivity (Wildman–Crippen MR) is 101 cm³/mol. The van der Waals surface area contributed by atoms with Gasteiger partial charge >= 0.3 is 0 Å². The van der Waals surface area contributed by atoms with Crippen molar-refractivity contribution in [1.29, 1.82) is 0 Å². The van der Waals surface area contributed by atoms with E-state index in [1.54, 1.807) is 11.8 Å². The second-order valence-electron chi connectivity index (χ2n) is 6.41. The molecule has 0 bridgehead atoms. The number of hydrogen-bond donors (Lipinski definition) is 1. The average molecular weight is 352 g/mol. The number of aryl methyl sites for hydroxylation is 1. The standard InChI is InChI=1S/C21H24N2O3/c1-16-21(25)23(18-11-5-6-12-19(18)26-16)15-13-20(24)22-14-7-10-17-8-3-2-4-9-17/h2-6,8-9,11-12,16H,7,10,13-15H2,1H3,(H,22,24). The van der Waals surface area contributed by atoms with Crippen LogP contribution in [0.2, 0.25) is 0 Å². The summed E-state index contributed by atoms with van der Waals surface area (Å²) in [5.41, 5.74) is 2.00. The molecule has 1 aliphatic rings. The highest BCUT2D eigenvalue weighted by atomic mass is 16.5. The van der Waals surface area contributed by atoms with E-state index in [9.17, 15) is 9.59 Å². The first-order valence-corrected chi connectivity index (χ1v) is 9.03. The van der Waals surface area contributed by atoms with Gasteiger partial charge in [0.05, 0.1) is 5.69 Å². The molecule has 1 heterocycles. The normalized spacial score (nSPS) is 16.0. The van der Waals surface area contributed by atoms with Crippen LogP contribution in [-0.2, 0) is 16.0 Å². The minimum atomic E-state index is -0.529. The van der Waals surface area contributed by atoms with Gasteiger partial charge in [0.25, 0.3) is 5.91 Å². The molecule has 0 radical (unpaired) electrons. The SMILES string of the molecule is CC1Oc2ccccc2N(CCC(=O)NCCCc2ccccc2)C1=O. The van der Waals surface area contributed by atoms with Crippen molar-refractivity contribution < 1.29 is 14.3 Å².